The third kappa shape index (κ3) is 1.97. The fourth-order valence-corrected chi connectivity index (χ4v) is 6.03. The summed E-state index contributed by atoms with van der Waals surface area (Å²) in [5.41, 5.74) is 5.38. The highest BCUT2D eigenvalue weighted by atomic mass is 19.1. The number of nitriles is 1. The molecule has 1 unspecified atom stereocenters. The summed E-state index contributed by atoms with van der Waals surface area (Å²) < 4.78 is 13.9. The number of hydrogen-bond acceptors (Lipinski definition) is 4. The van der Waals surface area contributed by atoms with Gasteiger partial charge in [0.25, 0.3) is 0 Å². The van der Waals surface area contributed by atoms with Crippen molar-refractivity contribution in [3.05, 3.63) is 52.8 Å². The summed E-state index contributed by atoms with van der Waals surface area (Å²) in [6.07, 6.45) is 3.76. The molecule has 0 saturated heterocycles. The summed E-state index contributed by atoms with van der Waals surface area (Å²) in [6.45, 7) is 0. The number of aromatic nitrogens is 3. The first-order chi connectivity index (χ1) is 13.2. The van der Waals surface area contributed by atoms with Crippen LogP contribution < -0.4 is 5.32 Å². The number of nitrogens with zero attached hydrogens (tertiary/aromatic N) is 3. The quantitative estimate of drug-likeness (QED) is 0.680. The Balaban J connectivity index is 1.55. The van der Waals surface area contributed by atoms with E-state index in [0.29, 0.717) is 23.7 Å². The van der Waals surface area contributed by atoms with Gasteiger partial charge in [-0.2, -0.15) is 20.7 Å². The SMILES string of the molecule is N#Cc1cc([C@@H]2Nc3ccc4n[nH]nc4c3[C@H]3C4CC[C@@H](C4)[C@@H]23)ccc1F. The number of hydrogen-bond donors (Lipinski definition) is 2. The second kappa shape index (κ2) is 5.29. The molecule has 5 nitrogen and oxygen atoms in total. The summed E-state index contributed by atoms with van der Waals surface area (Å²) in [6, 6.07) is 11.1. The number of H-pyrrole nitrogens is 1. The highest BCUT2D eigenvalue weighted by molar-refractivity contribution is 5.85. The van der Waals surface area contributed by atoms with Crippen LogP contribution in [0.4, 0.5) is 10.1 Å². The van der Waals surface area contributed by atoms with Gasteiger partial charge in [0.1, 0.15) is 22.9 Å². The van der Waals surface area contributed by atoms with E-state index in [1.54, 1.807) is 6.07 Å². The first-order valence-electron chi connectivity index (χ1n) is 9.54. The molecule has 6 rings (SSSR count). The van der Waals surface area contributed by atoms with Gasteiger partial charge in [0.2, 0.25) is 0 Å². The van der Waals surface area contributed by atoms with Gasteiger partial charge in [0.15, 0.2) is 0 Å². The molecule has 0 amide bonds. The zero-order valence-electron chi connectivity index (χ0n) is 14.6. The van der Waals surface area contributed by atoms with Crippen LogP contribution in [0.15, 0.2) is 30.3 Å². The minimum absolute atomic E-state index is 0.0925. The minimum atomic E-state index is -0.453. The van der Waals surface area contributed by atoms with Crippen molar-refractivity contribution < 1.29 is 4.39 Å². The predicted octanol–water partition coefficient (Wildman–Crippen LogP) is 4.27. The fraction of sp³-hybridized carbons (Fsp3) is 0.381. The Hall–Kier alpha value is -2.94. The summed E-state index contributed by atoms with van der Waals surface area (Å²) in [4.78, 5) is 0. The van der Waals surface area contributed by atoms with Gasteiger partial charge >= 0.3 is 0 Å². The van der Waals surface area contributed by atoms with Crippen molar-refractivity contribution in [3.8, 4) is 6.07 Å². The van der Waals surface area contributed by atoms with Gasteiger partial charge in [-0.05, 0) is 72.8 Å². The molecular weight excluding hydrogens is 341 g/mol. The maximum atomic E-state index is 13.9. The smallest absolute Gasteiger partial charge is 0.140 e. The predicted molar refractivity (Wildman–Crippen MR) is 98.4 cm³/mol. The average Bonchev–Trinajstić information content (AvgIpc) is 3.43. The van der Waals surface area contributed by atoms with Crippen molar-refractivity contribution in [3.63, 3.8) is 0 Å². The molecule has 27 heavy (non-hydrogen) atoms. The third-order valence-corrected chi connectivity index (χ3v) is 7.01. The van der Waals surface area contributed by atoms with Gasteiger partial charge in [0, 0.05) is 11.3 Å². The van der Waals surface area contributed by atoms with Crippen molar-refractivity contribution in [2.45, 2.75) is 31.2 Å². The lowest BCUT2D eigenvalue weighted by Gasteiger charge is -2.43. The number of halogens is 1. The Bertz CT molecular complexity index is 1110. The highest BCUT2D eigenvalue weighted by Crippen LogP contribution is 2.64. The Labute approximate surface area is 155 Å². The van der Waals surface area contributed by atoms with Crippen LogP contribution in [-0.2, 0) is 0 Å². The molecule has 2 heterocycles. The van der Waals surface area contributed by atoms with Crippen LogP contribution >= 0.6 is 0 Å². The molecule has 3 aliphatic rings. The molecule has 6 heteroatoms. The van der Waals surface area contributed by atoms with Crippen LogP contribution in [0.3, 0.4) is 0 Å². The number of fused-ring (bicyclic) bond motifs is 9. The highest BCUT2D eigenvalue weighted by Gasteiger charge is 2.54. The summed E-state index contributed by atoms with van der Waals surface area (Å²) in [5, 5.41) is 24.5. The maximum Gasteiger partial charge on any atom is 0.140 e. The molecule has 2 fully saturated rings. The molecule has 2 aliphatic carbocycles. The van der Waals surface area contributed by atoms with Crippen molar-refractivity contribution in [2.24, 2.45) is 17.8 Å². The monoisotopic (exact) mass is 359 g/mol. The Morgan fingerprint density at radius 2 is 2.00 bits per heavy atom. The van der Waals surface area contributed by atoms with Gasteiger partial charge < -0.3 is 5.32 Å². The molecule has 0 spiro atoms. The first-order valence-corrected chi connectivity index (χ1v) is 9.54. The molecule has 2 bridgehead atoms. The number of nitrogens with one attached hydrogen (secondary N) is 2. The van der Waals surface area contributed by atoms with Crippen LogP contribution in [0.1, 0.15) is 47.9 Å². The van der Waals surface area contributed by atoms with Gasteiger partial charge in [-0.1, -0.05) is 6.07 Å². The molecule has 3 aromatic rings. The zero-order valence-corrected chi connectivity index (χ0v) is 14.6. The van der Waals surface area contributed by atoms with E-state index in [0.717, 1.165) is 22.3 Å². The van der Waals surface area contributed by atoms with E-state index in [-0.39, 0.29) is 11.6 Å². The lowest BCUT2D eigenvalue weighted by atomic mass is 9.67. The minimum Gasteiger partial charge on any atom is -0.378 e. The number of benzene rings is 2. The summed E-state index contributed by atoms with van der Waals surface area (Å²) in [7, 11) is 0. The molecule has 5 atom stereocenters. The largest absolute Gasteiger partial charge is 0.378 e. The molecule has 2 N–H and O–H groups in total. The van der Waals surface area contributed by atoms with Crippen LogP contribution in [-0.4, -0.2) is 15.4 Å². The Morgan fingerprint density at radius 1 is 1.11 bits per heavy atom. The van der Waals surface area contributed by atoms with E-state index in [9.17, 15) is 9.65 Å². The molecule has 2 saturated carbocycles. The fourth-order valence-electron chi connectivity index (χ4n) is 6.03. The van der Waals surface area contributed by atoms with E-state index in [1.165, 1.54) is 30.9 Å². The van der Waals surface area contributed by atoms with Gasteiger partial charge in [-0.15, -0.1) is 0 Å². The summed E-state index contributed by atoms with van der Waals surface area (Å²) in [5.74, 6) is 1.75. The normalized spacial score (nSPS) is 30.6. The first kappa shape index (κ1) is 15.2. The lowest BCUT2D eigenvalue weighted by Crippen LogP contribution is -2.35. The van der Waals surface area contributed by atoms with E-state index in [1.807, 2.05) is 18.2 Å². The van der Waals surface area contributed by atoms with Crippen molar-refractivity contribution in [2.75, 3.05) is 5.32 Å². The Kier molecular flexibility index (Phi) is 2.97. The van der Waals surface area contributed by atoms with Gasteiger partial charge in [0.05, 0.1) is 11.6 Å². The third-order valence-electron chi connectivity index (χ3n) is 7.01. The number of anilines is 1. The lowest BCUT2D eigenvalue weighted by molar-refractivity contribution is 0.248. The van der Waals surface area contributed by atoms with Crippen LogP contribution in [0.25, 0.3) is 11.0 Å². The zero-order chi connectivity index (χ0) is 18.1. The molecule has 1 aromatic heterocycles. The second-order valence-corrected chi connectivity index (χ2v) is 8.13. The topological polar surface area (TPSA) is 77.4 Å². The standard InChI is InChI=1S/C21H18FN5/c22-14-4-3-12(8-13(14)9-23)20-18-11-2-1-10(7-11)17(18)19-15(24-20)5-6-16-21(19)26-27-25-16/h3-6,8,10-11,17-18,20,24H,1-2,7H2,(H,25,26,27)/t10?,11-,17-,18+,20-/m0/s1. The number of rotatable bonds is 1. The molecular formula is C21H18FN5. The molecule has 2 aromatic carbocycles. The van der Waals surface area contributed by atoms with E-state index >= 15 is 0 Å². The van der Waals surface area contributed by atoms with Gasteiger partial charge in [-0.3, -0.25) is 0 Å². The van der Waals surface area contributed by atoms with Crippen molar-refractivity contribution >= 4 is 16.7 Å². The van der Waals surface area contributed by atoms with Crippen LogP contribution in [0.5, 0.6) is 0 Å². The van der Waals surface area contributed by atoms with Crippen LogP contribution in [0, 0.1) is 34.9 Å². The number of aromatic amines is 1. The summed E-state index contributed by atoms with van der Waals surface area (Å²) >= 11 is 0. The molecule has 134 valence electrons. The second-order valence-electron chi connectivity index (χ2n) is 8.13. The van der Waals surface area contributed by atoms with Crippen molar-refractivity contribution in [1.82, 2.24) is 15.4 Å². The van der Waals surface area contributed by atoms with Crippen LogP contribution in [0.2, 0.25) is 0 Å². The van der Waals surface area contributed by atoms with Crippen molar-refractivity contribution in [1.29, 1.82) is 5.26 Å². The van der Waals surface area contributed by atoms with E-state index < -0.39 is 5.82 Å². The van der Waals surface area contributed by atoms with Gasteiger partial charge in [-0.25, -0.2) is 4.39 Å². The molecule has 1 aliphatic heterocycles. The molecule has 0 radical (unpaired) electrons. The maximum absolute atomic E-state index is 13.9. The Morgan fingerprint density at radius 3 is 2.89 bits per heavy atom. The average molecular weight is 359 g/mol. The van der Waals surface area contributed by atoms with E-state index in [2.05, 4.69) is 26.8 Å². The van der Waals surface area contributed by atoms with E-state index in [4.69, 9.17) is 0 Å².